The van der Waals surface area contributed by atoms with Gasteiger partial charge in [-0.3, -0.25) is 0 Å². The molecule has 0 saturated carbocycles. The maximum absolute atomic E-state index is 12.6. The largest absolute Gasteiger partial charge is 0.319 e. The number of hydrogen-bond acceptors (Lipinski definition) is 1. The molecule has 2 heteroatoms. The molecular formula is C34H27OP. The van der Waals surface area contributed by atoms with Crippen LogP contribution in [0.25, 0.3) is 54.9 Å². The van der Waals surface area contributed by atoms with E-state index in [9.17, 15) is 4.57 Å². The normalized spacial score (nSPS) is 11.7. The molecule has 36 heavy (non-hydrogen) atoms. The van der Waals surface area contributed by atoms with Crippen molar-refractivity contribution in [2.45, 2.75) is 0 Å². The van der Waals surface area contributed by atoms with Crippen LogP contribution in [0.3, 0.4) is 0 Å². The predicted octanol–water partition coefficient (Wildman–Crippen LogP) is 9.24. The highest BCUT2D eigenvalue weighted by molar-refractivity contribution is 7.70. The predicted molar refractivity (Wildman–Crippen MR) is 157 cm³/mol. The average molecular weight is 483 g/mol. The van der Waals surface area contributed by atoms with Crippen LogP contribution in [0.5, 0.6) is 0 Å². The van der Waals surface area contributed by atoms with Gasteiger partial charge in [-0.25, -0.2) is 0 Å². The molecule has 0 amide bonds. The second-order valence-electron chi connectivity index (χ2n) is 9.68. The van der Waals surface area contributed by atoms with E-state index >= 15 is 0 Å². The quantitative estimate of drug-likeness (QED) is 0.181. The standard InChI is InChI=1S/C34H27OP/c1-36(2,35)28-22-20-27(21-23-28)34-31-14-8-6-12-29(31)33(30-13-7-9-15-32(30)34)26-18-16-25(17-19-26)24-10-4-3-5-11-24/h3-23H,1-2H3. The average Bonchev–Trinajstić information content (AvgIpc) is 2.92. The molecule has 0 fully saturated rings. The van der Waals surface area contributed by atoms with Gasteiger partial charge in [-0.1, -0.05) is 127 Å². The highest BCUT2D eigenvalue weighted by Gasteiger charge is 2.17. The number of fused-ring (bicyclic) bond motifs is 2. The van der Waals surface area contributed by atoms with Crippen LogP contribution in [0.2, 0.25) is 0 Å². The molecule has 0 bridgehead atoms. The first-order valence-electron chi connectivity index (χ1n) is 12.3. The van der Waals surface area contributed by atoms with E-state index in [1.54, 1.807) is 0 Å². The Morgan fingerprint density at radius 1 is 0.389 bits per heavy atom. The van der Waals surface area contributed by atoms with Crippen LogP contribution in [0, 0.1) is 0 Å². The summed E-state index contributed by atoms with van der Waals surface area (Å²) in [6, 6.07) is 45.1. The Labute approximate surface area is 212 Å². The van der Waals surface area contributed by atoms with E-state index in [1.165, 1.54) is 49.4 Å². The lowest BCUT2D eigenvalue weighted by Gasteiger charge is -2.18. The number of benzene rings is 6. The van der Waals surface area contributed by atoms with Gasteiger partial charge in [0.1, 0.15) is 7.14 Å². The zero-order chi connectivity index (χ0) is 24.7. The van der Waals surface area contributed by atoms with Crippen LogP contribution >= 0.6 is 7.14 Å². The fraction of sp³-hybridized carbons (Fsp3) is 0.0588. The van der Waals surface area contributed by atoms with Crippen LogP contribution < -0.4 is 5.30 Å². The minimum Gasteiger partial charge on any atom is -0.319 e. The van der Waals surface area contributed by atoms with Gasteiger partial charge in [0.05, 0.1) is 0 Å². The summed E-state index contributed by atoms with van der Waals surface area (Å²) in [5.74, 6) is 0. The SMILES string of the molecule is CP(C)(=O)c1ccc(-c2c3ccccc3c(-c3ccc(-c4ccccc4)cc3)c3ccccc23)cc1. The Hall–Kier alpha value is -3.93. The molecule has 0 heterocycles. The third-order valence-electron chi connectivity index (χ3n) is 6.99. The monoisotopic (exact) mass is 482 g/mol. The van der Waals surface area contributed by atoms with E-state index in [4.69, 9.17) is 0 Å². The number of hydrogen-bond donors (Lipinski definition) is 0. The molecular weight excluding hydrogens is 455 g/mol. The molecule has 1 nitrogen and oxygen atoms in total. The topological polar surface area (TPSA) is 17.1 Å². The van der Waals surface area contributed by atoms with Crippen molar-refractivity contribution >= 4 is 34.0 Å². The summed E-state index contributed by atoms with van der Waals surface area (Å²) in [7, 11) is -2.30. The maximum Gasteiger partial charge on any atom is 0.109 e. The Balaban J connectivity index is 1.60. The second kappa shape index (κ2) is 8.94. The van der Waals surface area contributed by atoms with Crippen molar-refractivity contribution in [1.82, 2.24) is 0 Å². The first kappa shape index (κ1) is 22.5. The molecule has 0 aliphatic heterocycles. The smallest absolute Gasteiger partial charge is 0.109 e. The van der Waals surface area contributed by atoms with Crippen molar-refractivity contribution in [2.24, 2.45) is 0 Å². The highest BCUT2D eigenvalue weighted by Crippen LogP contribution is 2.44. The lowest BCUT2D eigenvalue weighted by molar-refractivity contribution is 0.588. The van der Waals surface area contributed by atoms with E-state index in [1.807, 2.05) is 31.5 Å². The van der Waals surface area contributed by atoms with Gasteiger partial charge in [0.25, 0.3) is 0 Å². The van der Waals surface area contributed by atoms with Crippen LogP contribution in [0.4, 0.5) is 0 Å². The van der Waals surface area contributed by atoms with Crippen LogP contribution in [0.1, 0.15) is 0 Å². The summed E-state index contributed by atoms with van der Waals surface area (Å²) in [5.41, 5.74) is 7.27. The molecule has 0 aliphatic carbocycles. The fourth-order valence-electron chi connectivity index (χ4n) is 5.20. The zero-order valence-corrected chi connectivity index (χ0v) is 21.4. The van der Waals surface area contributed by atoms with Crippen molar-refractivity contribution < 1.29 is 4.57 Å². The molecule has 6 rings (SSSR count). The van der Waals surface area contributed by atoms with Gasteiger partial charge in [-0.15, -0.1) is 0 Å². The molecule has 0 atom stereocenters. The summed E-state index contributed by atoms with van der Waals surface area (Å²) in [6.45, 7) is 3.65. The van der Waals surface area contributed by atoms with E-state index in [0.29, 0.717) is 0 Å². The van der Waals surface area contributed by atoms with Gasteiger partial charge in [0, 0.05) is 5.30 Å². The van der Waals surface area contributed by atoms with Gasteiger partial charge in [-0.05, 0) is 68.3 Å². The molecule has 0 aromatic heterocycles. The van der Waals surface area contributed by atoms with E-state index in [0.717, 1.165) is 10.9 Å². The highest BCUT2D eigenvalue weighted by atomic mass is 31.2. The third kappa shape index (κ3) is 3.96. The molecule has 0 aliphatic rings. The van der Waals surface area contributed by atoms with Crippen LogP contribution in [-0.4, -0.2) is 13.3 Å². The van der Waals surface area contributed by atoms with Gasteiger partial charge in [0.15, 0.2) is 0 Å². The minimum absolute atomic E-state index is 0.912. The van der Waals surface area contributed by atoms with Crippen molar-refractivity contribution in [3.8, 4) is 33.4 Å². The molecule has 0 radical (unpaired) electrons. The fourth-order valence-corrected chi connectivity index (χ4v) is 6.06. The first-order valence-corrected chi connectivity index (χ1v) is 14.9. The Morgan fingerprint density at radius 3 is 1.14 bits per heavy atom. The van der Waals surface area contributed by atoms with Crippen LogP contribution in [0.15, 0.2) is 127 Å². The van der Waals surface area contributed by atoms with E-state index < -0.39 is 7.14 Å². The molecule has 0 saturated heterocycles. The third-order valence-corrected chi connectivity index (χ3v) is 8.53. The lowest BCUT2D eigenvalue weighted by Crippen LogP contribution is -2.01. The van der Waals surface area contributed by atoms with Gasteiger partial charge < -0.3 is 4.57 Å². The second-order valence-corrected chi connectivity index (χ2v) is 12.9. The number of rotatable bonds is 4. The minimum atomic E-state index is -2.30. The molecule has 0 unspecified atom stereocenters. The van der Waals surface area contributed by atoms with E-state index in [2.05, 4.69) is 109 Å². The van der Waals surface area contributed by atoms with Crippen molar-refractivity contribution in [1.29, 1.82) is 0 Å². The Kier molecular flexibility index (Phi) is 5.59. The summed E-state index contributed by atoms with van der Waals surface area (Å²) < 4.78 is 12.6. The molecule has 174 valence electrons. The molecule has 0 N–H and O–H groups in total. The summed E-state index contributed by atoms with van der Waals surface area (Å²) in [6.07, 6.45) is 0. The van der Waals surface area contributed by atoms with E-state index in [-0.39, 0.29) is 0 Å². The summed E-state index contributed by atoms with van der Waals surface area (Å²) in [4.78, 5) is 0. The Morgan fingerprint density at radius 2 is 0.722 bits per heavy atom. The zero-order valence-electron chi connectivity index (χ0n) is 20.5. The summed E-state index contributed by atoms with van der Waals surface area (Å²) >= 11 is 0. The van der Waals surface area contributed by atoms with Crippen molar-refractivity contribution in [2.75, 3.05) is 13.3 Å². The van der Waals surface area contributed by atoms with Crippen LogP contribution in [-0.2, 0) is 4.57 Å². The van der Waals surface area contributed by atoms with Gasteiger partial charge in [-0.2, -0.15) is 0 Å². The maximum atomic E-state index is 12.6. The van der Waals surface area contributed by atoms with Gasteiger partial charge >= 0.3 is 0 Å². The van der Waals surface area contributed by atoms with Crippen molar-refractivity contribution in [3.05, 3.63) is 127 Å². The molecule has 6 aromatic rings. The molecule has 0 spiro atoms. The first-order chi connectivity index (χ1) is 17.5. The van der Waals surface area contributed by atoms with Gasteiger partial charge in [0.2, 0.25) is 0 Å². The lowest BCUT2D eigenvalue weighted by atomic mass is 9.86. The summed E-state index contributed by atoms with van der Waals surface area (Å²) in [5, 5.41) is 5.83. The molecule has 6 aromatic carbocycles. The Bertz CT molecular complexity index is 1690. The van der Waals surface area contributed by atoms with Crippen molar-refractivity contribution in [3.63, 3.8) is 0 Å².